The molecular formula is C15H28N4O3. The lowest BCUT2D eigenvalue weighted by Crippen LogP contribution is -2.48. The molecule has 0 bridgehead atoms. The van der Waals surface area contributed by atoms with Crippen LogP contribution in [0.3, 0.4) is 0 Å². The molecule has 7 nitrogen and oxygen atoms in total. The summed E-state index contributed by atoms with van der Waals surface area (Å²) in [5, 5.41) is 2.98. The first-order chi connectivity index (χ1) is 10.6. The molecule has 2 aliphatic rings. The predicted molar refractivity (Wildman–Crippen MR) is 83.6 cm³/mol. The third-order valence-electron chi connectivity index (χ3n) is 4.33. The third kappa shape index (κ3) is 5.90. The van der Waals surface area contributed by atoms with Gasteiger partial charge in [-0.1, -0.05) is 0 Å². The van der Waals surface area contributed by atoms with Crippen molar-refractivity contribution in [3.8, 4) is 0 Å². The molecule has 0 aromatic carbocycles. The van der Waals surface area contributed by atoms with Crippen molar-refractivity contribution in [1.29, 1.82) is 0 Å². The highest BCUT2D eigenvalue weighted by atomic mass is 16.5. The van der Waals surface area contributed by atoms with Gasteiger partial charge in [0.1, 0.15) is 0 Å². The number of ether oxygens (including phenoxy) is 1. The lowest BCUT2D eigenvalue weighted by atomic mass is 10.2. The SMILES string of the molecule is CC(=O)N1CCN(CCC(=O)NCCN2CCOCC2)CC1. The fraction of sp³-hybridized carbons (Fsp3) is 0.867. The van der Waals surface area contributed by atoms with E-state index in [1.165, 1.54) is 0 Å². The number of nitrogens with one attached hydrogen (secondary N) is 1. The minimum absolute atomic E-state index is 0.113. The maximum atomic E-state index is 11.9. The summed E-state index contributed by atoms with van der Waals surface area (Å²) in [6, 6.07) is 0. The fourth-order valence-electron chi connectivity index (χ4n) is 2.81. The normalized spacial score (nSPS) is 20.9. The minimum atomic E-state index is 0.113. The van der Waals surface area contributed by atoms with Gasteiger partial charge in [0.15, 0.2) is 0 Å². The highest BCUT2D eigenvalue weighted by molar-refractivity contribution is 5.76. The van der Waals surface area contributed by atoms with E-state index in [-0.39, 0.29) is 11.8 Å². The summed E-state index contributed by atoms with van der Waals surface area (Å²) in [6.45, 7) is 10.7. The Balaban J connectivity index is 1.51. The third-order valence-corrected chi connectivity index (χ3v) is 4.33. The molecule has 2 saturated heterocycles. The second kappa shape index (κ2) is 9.07. The molecule has 0 radical (unpaired) electrons. The molecule has 126 valence electrons. The van der Waals surface area contributed by atoms with Gasteiger partial charge in [0.25, 0.3) is 0 Å². The number of hydrogen-bond acceptors (Lipinski definition) is 5. The molecule has 2 amide bonds. The van der Waals surface area contributed by atoms with E-state index in [4.69, 9.17) is 4.74 Å². The summed E-state index contributed by atoms with van der Waals surface area (Å²) in [5.74, 6) is 0.253. The number of nitrogens with zero attached hydrogens (tertiary/aromatic N) is 3. The summed E-state index contributed by atoms with van der Waals surface area (Å²) in [6.07, 6.45) is 0.531. The first-order valence-electron chi connectivity index (χ1n) is 8.20. The van der Waals surface area contributed by atoms with Crippen molar-refractivity contribution < 1.29 is 14.3 Å². The maximum Gasteiger partial charge on any atom is 0.221 e. The van der Waals surface area contributed by atoms with Crippen LogP contribution in [0.15, 0.2) is 0 Å². The van der Waals surface area contributed by atoms with Crippen LogP contribution in [0.4, 0.5) is 0 Å². The number of piperazine rings is 1. The van der Waals surface area contributed by atoms with Gasteiger partial charge in [-0.3, -0.25) is 19.4 Å². The van der Waals surface area contributed by atoms with Gasteiger partial charge in [-0.05, 0) is 0 Å². The summed E-state index contributed by atoms with van der Waals surface area (Å²) in [5.41, 5.74) is 0. The highest BCUT2D eigenvalue weighted by Gasteiger charge is 2.18. The lowest BCUT2D eigenvalue weighted by molar-refractivity contribution is -0.131. The van der Waals surface area contributed by atoms with Gasteiger partial charge >= 0.3 is 0 Å². The summed E-state index contributed by atoms with van der Waals surface area (Å²) in [4.78, 5) is 29.5. The van der Waals surface area contributed by atoms with Crippen molar-refractivity contribution in [2.45, 2.75) is 13.3 Å². The number of rotatable bonds is 6. The molecule has 0 aromatic rings. The molecule has 0 atom stereocenters. The largest absolute Gasteiger partial charge is 0.379 e. The molecule has 0 aliphatic carbocycles. The van der Waals surface area contributed by atoms with Crippen LogP contribution < -0.4 is 5.32 Å². The van der Waals surface area contributed by atoms with Crippen molar-refractivity contribution in [1.82, 2.24) is 20.0 Å². The van der Waals surface area contributed by atoms with E-state index in [0.717, 1.165) is 65.6 Å². The van der Waals surface area contributed by atoms with Crippen molar-refractivity contribution in [3.63, 3.8) is 0 Å². The number of carbonyl (C=O) groups is 2. The van der Waals surface area contributed by atoms with Crippen molar-refractivity contribution in [2.24, 2.45) is 0 Å². The second-order valence-corrected chi connectivity index (χ2v) is 5.90. The number of amides is 2. The molecular weight excluding hydrogens is 284 g/mol. The number of hydrogen-bond donors (Lipinski definition) is 1. The van der Waals surface area contributed by atoms with E-state index in [2.05, 4.69) is 15.1 Å². The summed E-state index contributed by atoms with van der Waals surface area (Å²) >= 11 is 0. The van der Waals surface area contributed by atoms with Gasteiger partial charge < -0.3 is 15.0 Å². The quantitative estimate of drug-likeness (QED) is 0.681. The van der Waals surface area contributed by atoms with E-state index in [9.17, 15) is 9.59 Å². The molecule has 0 spiro atoms. The molecule has 1 N–H and O–H groups in total. The Morgan fingerprint density at radius 3 is 2.23 bits per heavy atom. The van der Waals surface area contributed by atoms with E-state index in [1.54, 1.807) is 6.92 Å². The Hall–Kier alpha value is -1.18. The standard InChI is InChI=1S/C15H28N4O3/c1-14(20)19-8-6-17(7-9-19)4-2-15(21)16-3-5-18-10-12-22-13-11-18/h2-13H2,1H3,(H,16,21). The van der Waals surface area contributed by atoms with Crippen LogP contribution in [0, 0.1) is 0 Å². The Morgan fingerprint density at radius 2 is 1.59 bits per heavy atom. The molecule has 22 heavy (non-hydrogen) atoms. The first kappa shape index (κ1) is 17.2. The van der Waals surface area contributed by atoms with Crippen LogP contribution in [0.5, 0.6) is 0 Å². The number of morpholine rings is 1. The van der Waals surface area contributed by atoms with Crippen LogP contribution in [0.1, 0.15) is 13.3 Å². The van der Waals surface area contributed by atoms with Crippen LogP contribution >= 0.6 is 0 Å². The zero-order valence-corrected chi connectivity index (χ0v) is 13.6. The molecule has 0 unspecified atom stereocenters. The fourth-order valence-corrected chi connectivity index (χ4v) is 2.81. The summed E-state index contributed by atoms with van der Waals surface area (Å²) < 4.78 is 5.30. The van der Waals surface area contributed by atoms with Crippen LogP contribution in [0.2, 0.25) is 0 Å². The molecule has 2 heterocycles. The Kier molecular flexibility index (Phi) is 7.08. The summed E-state index contributed by atoms with van der Waals surface area (Å²) in [7, 11) is 0. The number of carbonyl (C=O) groups excluding carboxylic acids is 2. The molecule has 0 aromatic heterocycles. The maximum absolute atomic E-state index is 11.9. The van der Waals surface area contributed by atoms with Crippen LogP contribution in [-0.4, -0.2) is 98.6 Å². The lowest BCUT2D eigenvalue weighted by Gasteiger charge is -2.34. The highest BCUT2D eigenvalue weighted by Crippen LogP contribution is 2.02. The molecule has 2 aliphatic heterocycles. The zero-order chi connectivity index (χ0) is 15.8. The van der Waals surface area contributed by atoms with E-state index in [1.807, 2.05) is 4.90 Å². The van der Waals surface area contributed by atoms with E-state index in [0.29, 0.717) is 13.0 Å². The molecule has 7 heteroatoms. The molecule has 2 rings (SSSR count). The topological polar surface area (TPSA) is 65.1 Å². The van der Waals surface area contributed by atoms with Crippen molar-refractivity contribution in [2.75, 3.05) is 72.1 Å². The predicted octanol–water partition coefficient (Wildman–Crippen LogP) is -1.01. The van der Waals surface area contributed by atoms with Gasteiger partial charge in [0, 0.05) is 72.2 Å². The van der Waals surface area contributed by atoms with E-state index >= 15 is 0 Å². The van der Waals surface area contributed by atoms with Gasteiger partial charge in [-0.25, -0.2) is 0 Å². The van der Waals surface area contributed by atoms with Crippen LogP contribution in [0.25, 0.3) is 0 Å². The average Bonchev–Trinajstić information content (AvgIpc) is 2.54. The van der Waals surface area contributed by atoms with Gasteiger partial charge in [0.05, 0.1) is 13.2 Å². The average molecular weight is 312 g/mol. The Bertz CT molecular complexity index is 364. The van der Waals surface area contributed by atoms with Crippen molar-refractivity contribution in [3.05, 3.63) is 0 Å². The van der Waals surface area contributed by atoms with Crippen molar-refractivity contribution >= 4 is 11.8 Å². The smallest absolute Gasteiger partial charge is 0.221 e. The molecule has 0 saturated carbocycles. The Morgan fingerprint density at radius 1 is 0.955 bits per heavy atom. The second-order valence-electron chi connectivity index (χ2n) is 5.90. The van der Waals surface area contributed by atoms with Gasteiger partial charge in [0.2, 0.25) is 11.8 Å². The minimum Gasteiger partial charge on any atom is -0.379 e. The van der Waals surface area contributed by atoms with Gasteiger partial charge in [-0.15, -0.1) is 0 Å². The van der Waals surface area contributed by atoms with Crippen LogP contribution in [-0.2, 0) is 14.3 Å². The van der Waals surface area contributed by atoms with Gasteiger partial charge in [-0.2, -0.15) is 0 Å². The molecule has 2 fully saturated rings. The van der Waals surface area contributed by atoms with E-state index < -0.39 is 0 Å². The zero-order valence-electron chi connectivity index (χ0n) is 13.6. The first-order valence-corrected chi connectivity index (χ1v) is 8.20. The Labute approximate surface area is 132 Å². The monoisotopic (exact) mass is 312 g/mol.